The van der Waals surface area contributed by atoms with Gasteiger partial charge in [0, 0.05) is 18.5 Å². The summed E-state index contributed by atoms with van der Waals surface area (Å²) in [6.07, 6.45) is 0.203. The Kier molecular flexibility index (Phi) is 5.33. The molecule has 0 radical (unpaired) electrons. The molecule has 3 aromatic carbocycles. The van der Waals surface area contributed by atoms with Crippen LogP contribution in [0.3, 0.4) is 0 Å². The van der Waals surface area contributed by atoms with Crippen LogP contribution in [0, 0.1) is 0 Å². The number of carbonyl (C=O) groups is 2. The zero-order valence-corrected chi connectivity index (χ0v) is 16.1. The number of nitrogens with one attached hydrogen (secondary N) is 2. The standard InChI is InChI=1S/C23H22N2O4/c1-15(17-8-9-20-21(13-17)29-14-28-20)25-22(26)10-11-24-23(27)19-7-6-16-4-2-3-5-18(16)12-19/h2-9,12-13,15H,10-11,14H2,1H3,(H,24,27)(H,25,26). The first-order valence-electron chi connectivity index (χ1n) is 9.56. The highest BCUT2D eigenvalue weighted by Crippen LogP contribution is 2.34. The van der Waals surface area contributed by atoms with Crippen molar-refractivity contribution in [2.24, 2.45) is 0 Å². The molecule has 3 aromatic rings. The molecular weight excluding hydrogens is 368 g/mol. The van der Waals surface area contributed by atoms with E-state index in [-0.39, 0.29) is 37.6 Å². The van der Waals surface area contributed by atoms with Gasteiger partial charge in [-0.25, -0.2) is 0 Å². The molecule has 1 aliphatic rings. The first-order chi connectivity index (χ1) is 14.1. The molecule has 1 heterocycles. The van der Waals surface area contributed by atoms with Crippen molar-refractivity contribution in [2.75, 3.05) is 13.3 Å². The summed E-state index contributed by atoms with van der Waals surface area (Å²) in [5.41, 5.74) is 1.51. The highest BCUT2D eigenvalue weighted by molar-refractivity contribution is 5.98. The van der Waals surface area contributed by atoms with Crippen LogP contribution in [0.15, 0.2) is 60.7 Å². The van der Waals surface area contributed by atoms with Crippen LogP contribution in [-0.2, 0) is 4.79 Å². The van der Waals surface area contributed by atoms with Gasteiger partial charge in [-0.1, -0.05) is 36.4 Å². The Balaban J connectivity index is 1.27. The van der Waals surface area contributed by atoms with Gasteiger partial charge in [0.2, 0.25) is 12.7 Å². The SMILES string of the molecule is CC(NC(=O)CCNC(=O)c1ccc2ccccc2c1)c1ccc2c(c1)OCO2. The van der Waals surface area contributed by atoms with Crippen LogP contribution in [0.1, 0.15) is 35.3 Å². The summed E-state index contributed by atoms with van der Waals surface area (Å²) in [4.78, 5) is 24.6. The summed E-state index contributed by atoms with van der Waals surface area (Å²) >= 11 is 0. The number of fused-ring (bicyclic) bond motifs is 2. The molecule has 6 heteroatoms. The lowest BCUT2D eigenvalue weighted by Crippen LogP contribution is -2.32. The number of hydrogen-bond donors (Lipinski definition) is 2. The first kappa shape index (κ1) is 18.8. The number of hydrogen-bond acceptors (Lipinski definition) is 4. The fourth-order valence-corrected chi connectivity index (χ4v) is 3.30. The lowest BCUT2D eigenvalue weighted by Gasteiger charge is -2.15. The fourth-order valence-electron chi connectivity index (χ4n) is 3.30. The Hall–Kier alpha value is -3.54. The third kappa shape index (κ3) is 4.32. The van der Waals surface area contributed by atoms with Gasteiger partial charge in [-0.15, -0.1) is 0 Å². The number of rotatable bonds is 6. The van der Waals surface area contributed by atoms with Crippen molar-refractivity contribution in [3.05, 3.63) is 71.8 Å². The lowest BCUT2D eigenvalue weighted by molar-refractivity contribution is -0.121. The summed E-state index contributed by atoms with van der Waals surface area (Å²) in [6.45, 7) is 2.39. The molecule has 6 nitrogen and oxygen atoms in total. The summed E-state index contributed by atoms with van der Waals surface area (Å²) < 4.78 is 10.7. The average molecular weight is 390 g/mol. The maximum atomic E-state index is 12.4. The second-order valence-corrected chi connectivity index (χ2v) is 6.97. The first-order valence-corrected chi connectivity index (χ1v) is 9.56. The molecule has 2 amide bonds. The molecule has 1 aliphatic heterocycles. The Morgan fingerprint density at radius 3 is 2.62 bits per heavy atom. The van der Waals surface area contributed by atoms with Crippen LogP contribution in [0.5, 0.6) is 11.5 Å². The molecular formula is C23H22N2O4. The topological polar surface area (TPSA) is 76.7 Å². The van der Waals surface area contributed by atoms with E-state index in [2.05, 4.69) is 10.6 Å². The van der Waals surface area contributed by atoms with Crippen molar-refractivity contribution in [3.8, 4) is 11.5 Å². The summed E-state index contributed by atoms with van der Waals surface area (Å²) in [7, 11) is 0. The van der Waals surface area contributed by atoms with Crippen molar-refractivity contribution in [1.29, 1.82) is 0 Å². The van der Waals surface area contributed by atoms with Crippen LogP contribution in [0.2, 0.25) is 0 Å². The molecule has 4 rings (SSSR count). The minimum absolute atomic E-state index is 0.131. The van der Waals surface area contributed by atoms with Gasteiger partial charge < -0.3 is 20.1 Å². The maximum Gasteiger partial charge on any atom is 0.251 e. The van der Waals surface area contributed by atoms with E-state index in [1.165, 1.54) is 0 Å². The minimum atomic E-state index is -0.188. The zero-order valence-electron chi connectivity index (χ0n) is 16.1. The monoisotopic (exact) mass is 390 g/mol. The van der Waals surface area contributed by atoms with E-state index in [9.17, 15) is 9.59 Å². The Morgan fingerprint density at radius 2 is 1.76 bits per heavy atom. The second kappa shape index (κ2) is 8.22. The molecule has 29 heavy (non-hydrogen) atoms. The van der Waals surface area contributed by atoms with Gasteiger partial charge in [-0.05, 0) is 47.5 Å². The van der Waals surface area contributed by atoms with E-state index in [1.54, 1.807) is 6.07 Å². The molecule has 0 saturated carbocycles. The van der Waals surface area contributed by atoms with Gasteiger partial charge in [-0.3, -0.25) is 9.59 Å². The van der Waals surface area contributed by atoms with Gasteiger partial charge >= 0.3 is 0 Å². The van der Waals surface area contributed by atoms with Crippen molar-refractivity contribution in [1.82, 2.24) is 10.6 Å². The molecule has 0 aromatic heterocycles. The van der Waals surface area contributed by atoms with E-state index < -0.39 is 0 Å². The summed E-state index contributed by atoms with van der Waals surface area (Å²) in [6, 6.07) is 18.9. The molecule has 0 aliphatic carbocycles. The number of ether oxygens (including phenoxy) is 2. The Bertz CT molecular complexity index is 1060. The molecule has 148 valence electrons. The summed E-state index contributed by atoms with van der Waals surface area (Å²) in [5.74, 6) is 1.08. The van der Waals surface area contributed by atoms with Gasteiger partial charge in [0.15, 0.2) is 11.5 Å². The normalized spacial score (nSPS) is 13.1. The third-order valence-electron chi connectivity index (χ3n) is 4.92. The largest absolute Gasteiger partial charge is 0.454 e. The number of carbonyl (C=O) groups excluding carboxylic acids is 2. The highest BCUT2D eigenvalue weighted by Gasteiger charge is 2.17. The van der Waals surface area contributed by atoms with Gasteiger partial charge in [0.05, 0.1) is 6.04 Å². The third-order valence-corrected chi connectivity index (χ3v) is 4.92. The molecule has 0 fully saturated rings. The maximum absolute atomic E-state index is 12.4. The molecule has 0 bridgehead atoms. The van der Waals surface area contributed by atoms with Gasteiger partial charge in [0.1, 0.15) is 0 Å². The van der Waals surface area contributed by atoms with Crippen molar-refractivity contribution < 1.29 is 19.1 Å². The van der Waals surface area contributed by atoms with Crippen LogP contribution in [0.25, 0.3) is 10.8 Å². The Morgan fingerprint density at radius 1 is 0.966 bits per heavy atom. The van der Waals surface area contributed by atoms with E-state index in [1.807, 2.05) is 61.5 Å². The Labute approximate surface area is 168 Å². The molecule has 1 atom stereocenters. The molecule has 1 unspecified atom stereocenters. The zero-order chi connectivity index (χ0) is 20.2. The van der Waals surface area contributed by atoms with Crippen molar-refractivity contribution >= 4 is 22.6 Å². The quantitative estimate of drug-likeness (QED) is 0.675. The minimum Gasteiger partial charge on any atom is -0.454 e. The number of amides is 2. The van der Waals surface area contributed by atoms with Gasteiger partial charge in [0.25, 0.3) is 5.91 Å². The van der Waals surface area contributed by atoms with Gasteiger partial charge in [-0.2, -0.15) is 0 Å². The molecule has 0 spiro atoms. The summed E-state index contributed by atoms with van der Waals surface area (Å²) in [5, 5.41) is 7.84. The van der Waals surface area contributed by atoms with Crippen molar-refractivity contribution in [2.45, 2.75) is 19.4 Å². The van der Waals surface area contributed by atoms with Crippen LogP contribution in [0.4, 0.5) is 0 Å². The van der Waals surface area contributed by atoms with Crippen LogP contribution in [-0.4, -0.2) is 25.2 Å². The lowest BCUT2D eigenvalue weighted by atomic mass is 10.1. The van der Waals surface area contributed by atoms with E-state index >= 15 is 0 Å². The predicted molar refractivity (Wildman–Crippen MR) is 110 cm³/mol. The second-order valence-electron chi connectivity index (χ2n) is 6.97. The smallest absolute Gasteiger partial charge is 0.251 e. The van der Waals surface area contributed by atoms with E-state index in [0.29, 0.717) is 17.1 Å². The fraction of sp³-hybridized carbons (Fsp3) is 0.217. The molecule has 2 N–H and O–H groups in total. The van der Waals surface area contributed by atoms with Crippen LogP contribution < -0.4 is 20.1 Å². The predicted octanol–water partition coefficient (Wildman–Crippen LogP) is 3.57. The van der Waals surface area contributed by atoms with E-state index in [4.69, 9.17) is 9.47 Å². The van der Waals surface area contributed by atoms with Crippen LogP contribution >= 0.6 is 0 Å². The number of benzene rings is 3. The highest BCUT2D eigenvalue weighted by atomic mass is 16.7. The molecule has 0 saturated heterocycles. The van der Waals surface area contributed by atoms with E-state index in [0.717, 1.165) is 16.3 Å². The average Bonchev–Trinajstić information content (AvgIpc) is 3.21. The van der Waals surface area contributed by atoms with Crippen molar-refractivity contribution in [3.63, 3.8) is 0 Å².